The van der Waals surface area contributed by atoms with Crippen molar-refractivity contribution in [3.63, 3.8) is 0 Å². The molecule has 12 nitrogen and oxygen atoms in total. The number of aryl methyl sites for hydroxylation is 2. The molecule has 1 N–H and O–H groups in total. The summed E-state index contributed by atoms with van der Waals surface area (Å²) in [5.41, 5.74) is 0.760. The Hall–Kier alpha value is -4.17. The summed E-state index contributed by atoms with van der Waals surface area (Å²) in [5, 5.41) is 7.82. The third-order valence-electron chi connectivity index (χ3n) is 8.38. The number of likely N-dealkylation sites (tertiary alicyclic amines) is 1. The highest BCUT2D eigenvalue weighted by atomic mass is 79.9. The Morgan fingerprint density at radius 1 is 1.13 bits per heavy atom. The number of anilines is 1. The predicted octanol–water partition coefficient (Wildman–Crippen LogP) is 4.64. The molecule has 0 unspecified atom stereocenters. The van der Waals surface area contributed by atoms with E-state index in [1.54, 1.807) is 25.4 Å². The standard InChI is InChI=1S/C32H34BrFN8O4/c1-19(43)29-23-11-24(22-13-35-20(2)36-14-22)37-15-26(23)42(40-29)16-28(44)41-17-32(34)12-25(41)31(45)39-30-21(8-9-27(33)38-30)7-5-3-4-6-10-46-18-32/h8-9,11,13-15,25H,3-7,10,12,16-18H2,1-2H3,(H,38,39,45)/t25-,32+/m0/s1. The van der Waals surface area contributed by atoms with Gasteiger partial charge in [-0.15, -0.1) is 0 Å². The molecule has 0 spiro atoms. The Morgan fingerprint density at radius 2 is 1.91 bits per heavy atom. The number of rotatable bonds is 4. The zero-order valence-corrected chi connectivity index (χ0v) is 27.2. The first-order valence-electron chi connectivity index (χ1n) is 15.3. The smallest absolute Gasteiger partial charge is 0.248 e. The van der Waals surface area contributed by atoms with Gasteiger partial charge in [0, 0.05) is 43.3 Å². The number of carbonyl (C=O) groups is 3. The number of halogens is 2. The van der Waals surface area contributed by atoms with Gasteiger partial charge < -0.3 is 15.0 Å². The van der Waals surface area contributed by atoms with Crippen molar-refractivity contribution in [3.05, 3.63) is 58.5 Å². The largest absolute Gasteiger partial charge is 0.378 e. The summed E-state index contributed by atoms with van der Waals surface area (Å²) in [7, 11) is 0. The molecule has 6 rings (SSSR count). The van der Waals surface area contributed by atoms with Crippen LogP contribution < -0.4 is 5.32 Å². The average Bonchev–Trinajstić information content (AvgIpc) is 3.57. The molecule has 14 heteroatoms. The molecule has 2 atom stereocenters. The van der Waals surface area contributed by atoms with E-state index in [-0.39, 0.29) is 37.6 Å². The molecule has 0 radical (unpaired) electrons. The topological polar surface area (TPSA) is 145 Å². The SMILES string of the molecule is CC(=O)c1nn(CC(=O)N2C[C@@]3(F)COCCCCCCc4ccc(Br)nc4NC(=O)[C@@H]2C3)c2cnc(-c3cnc(C)nc3)cc12. The molecule has 1 saturated heterocycles. The van der Waals surface area contributed by atoms with Crippen molar-refractivity contribution in [1.29, 1.82) is 0 Å². The lowest BCUT2D eigenvalue weighted by Crippen LogP contribution is -2.45. The van der Waals surface area contributed by atoms with E-state index in [0.29, 0.717) is 51.4 Å². The highest BCUT2D eigenvalue weighted by molar-refractivity contribution is 9.10. The second-order valence-corrected chi connectivity index (χ2v) is 12.7. The maximum Gasteiger partial charge on any atom is 0.248 e. The van der Waals surface area contributed by atoms with Crippen LogP contribution in [-0.4, -0.2) is 83.7 Å². The second kappa shape index (κ2) is 13.3. The maximum atomic E-state index is 16.3. The van der Waals surface area contributed by atoms with Gasteiger partial charge in [-0.1, -0.05) is 18.9 Å². The maximum absolute atomic E-state index is 16.3. The van der Waals surface area contributed by atoms with Crippen molar-refractivity contribution in [1.82, 2.24) is 34.6 Å². The summed E-state index contributed by atoms with van der Waals surface area (Å²) >= 11 is 3.38. The van der Waals surface area contributed by atoms with Crippen LogP contribution in [0.2, 0.25) is 0 Å². The number of nitrogens with one attached hydrogen (secondary N) is 1. The van der Waals surface area contributed by atoms with E-state index in [9.17, 15) is 14.4 Å². The van der Waals surface area contributed by atoms with Crippen molar-refractivity contribution < 1.29 is 23.5 Å². The molecule has 1 fully saturated rings. The van der Waals surface area contributed by atoms with Gasteiger partial charge in [-0.05, 0) is 59.8 Å². The number of hydrogen-bond acceptors (Lipinski definition) is 9. The van der Waals surface area contributed by atoms with E-state index in [2.05, 4.69) is 46.3 Å². The lowest BCUT2D eigenvalue weighted by Gasteiger charge is -2.24. The van der Waals surface area contributed by atoms with E-state index < -0.39 is 23.5 Å². The molecule has 2 amide bonds. The van der Waals surface area contributed by atoms with E-state index in [1.165, 1.54) is 22.7 Å². The van der Waals surface area contributed by atoms with Gasteiger partial charge in [0.2, 0.25) is 11.8 Å². The molecule has 0 saturated carbocycles. The van der Waals surface area contributed by atoms with Crippen LogP contribution in [0.3, 0.4) is 0 Å². The van der Waals surface area contributed by atoms with Gasteiger partial charge in [0.05, 0.1) is 30.6 Å². The molecular formula is C32H34BrFN8O4. The number of aromatic nitrogens is 6. The predicted molar refractivity (Wildman–Crippen MR) is 171 cm³/mol. The van der Waals surface area contributed by atoms with Crippen molar-refractivity contribution in [2.24, 2.45) is 0 Å². The van der Waals surface area contributed by atoms with Crippen molar-refractivity contribution in [2.75, 3.05) is 25.1 Å². The average molecular weight is 694 g/mol. The van der Waals surface area contributed by atoms with E-state index in [1.807, 2.05) is 12.1 Å². The number of pyridine rings is 2. The quantitative estimate of drug-likeness (QED) is 0.239. The number of ether oxygens (including phenoxy) is 1. The lowest BCUT2D eigenvalue weighted by molar-refractivity contribution is -0.137. The molecular weight excluding hydrogens is 659 g/mol. The van der Waals surface area contributed by atoms with Crippen LogP contribution in [0.4, 0.5) is 10.2 Å². The van der Waals surface area contributed by atoms with Gasteiger partial charge >= 0.3 is 0 Å². The molecule has 4 aromatic rings. The van der Waals surface area contributed by atoms with Gasteiger partial charge in [0.15, 0.2) is 11.5 Å². The first-order chi connectivity index (χ1) is 22.1. The van der Waals surface area contributed by atoms with Gasteiger partial charge in [0.1, 0.15) is 34.5 Å². The fourth-order valence-electron chi connectivity index (χ4n) is 5.99. The minimum absolute atomic E-state index is 0.165. The summed E-state index contributed by atoms with van der Waals surface area (Å²) < 4.78 is 23.9. The normalized spacial score (nSPS) is 20.9. The van der Waals surface area contributed by atoms with Crippen LogP contribution in [0.1, 0.15) is 60.9 Å². The van der Waals surface area contributed by atoms with Gasteiger partial charge in [-0.3, -0.25) is 24.0 Å². The summed E-state index contributed by atoms with van der Waals surface area (Å²) in [6.07, 6.45) is 8.92. The molecule has 2 bridgehead atoms. The number of hydrogen-bond donors (Lipinski definition) is 1. The number of nitrogens with zero attached hydrogens (tertiary/aromatic N) is 7. The number of fused-ring (bicyclic) bond motifs is 4. The first-order valence-corrected chi connectivity index (χ1v) is 16.1. The third-order valence-corrected chi connectivity index (χ3v) is 8.82. The number of carbonyl (C=O) groups excluding carboxylic acids is 3. The van der Waals surface area contributed by atoms with Crippen LogP contribution in [0.15, 0.2) is 41.4 Å². The Labute approximate surface area is 273 Å². The van der Waals surface area contributed by atoms with Gasteiger partial charge in [-0.25, -0.2) is 19.3 Å². The molecule has 0 aliphatic carbocycles. The molecule has 46 heavy (non-hydrogen) atoms. The summed E-state index contributed by atoms with van der Waals surface area (Å²) in [5.74, 6) is -0.354. The molecule has 240 valence electrons. The molecule has 6 heterocycles. The molecule has 2 aliphatic rings. The third kappa shape index (κ3) is 6.82. The lowest BCUT2D eigenvalue weighted by atomic mass is 10.0. The Bertz CT molecular complexity index is 1800. The second-order valence-electron chi connectivity index (χ2n) is 11.9. The highest BCUT2D eigenvalue weighted by Crippen LogP contribution is 2.34. The van der Waals surface area contributed by atoms with Crippen LogP contribution >= 0.6 is 15.9 Å². The Morgan fingerprint density at radius 3 is 2.70 bits per heavy atom. The number of alkyl halides is 1. The van der Waals surface area contributed by atoms with Crippen LogP contribution in [0.25, 0.3) is 22.2 Å². The summed E-state index contributed by atoms with van der Waals surface area (Å²) in [4.78, 5) is 58.9. The van der Waals surface area contributed by atoms with E-state index >= 15 is 4.39 Å². The number of ketones is 1. The molecule has 2 aliphatic heterocycles. The zero-order valence-electron chi connectivity index (χ0n) is 25.6. The minimum Gasteiger partial charge on any atom is -0.378 e. The number of Topliss-reactive ketones (excluding diaryl/α,β-unsaturated/α-hetero) is 1. The monoisotopic (exact) mass is 692 g/mol. The van der Waals surface area contributed by atoms with Crippen LogP contribution in [0.5, 0.6) is 0 Å². The fraction of sp³-hybridized carbons (Fsp3) is 0.438. The van der Waals surface area contributed by atoms with Crippen LogP contribution in [0, 0.1) is 6.92 Å². The fourth-order valence-corrected chi connectivity index (χ4v) is 6.30. The minimum atomic E-state index is -1.92. The number of amides is 2. The van der Waals surface area contributed by atoms with Gasteiger partial charge in [-0.2, -0.15) is 5.10 Å². The van der Waals surface area contributed by atoms with Crippen molar-refractivity contribution >= 4 is 50.2 Å². The van der Waals surface area contributed by atoms with Gasteiger partial charge in [0.25, 0.3) is 0 Å². The molecule has 4 aromatic heterocycles. The van der Waals surface area contributed by atoms with E-state index in [0.717, 1.165) is 31.2 Å². The summed E-state index contributed by atoms with van der Waals surface area (Å²) in [6.45, 7) is 2.69. The summed E-state index contributed by atoms with van der Waals surface area (Å²) in [6, 6.07) is 4.33. The molecule has 0 aromatic carbocycles. The Kier molecular flexibility index (Phi) is 9.18. The zero-order chi connectivity index (χ0) is 32.4. The van der Waals surface area contributed by atoms with Crippen LogP contribution in [-0.2, 0) is 27.3 Å². The van der Waals surface area contributed by atoms with Crippen molar-refractivity contribution in [2.45, 2.75) is 70.6 Å². The van der Waals surface area contributed by atoms with Crippen molar-refractivity contribution in [3.8, 4) is 11.3 Å². The Balaban J connectivity index is 1.30. The van der Waals surface area contributed by atoms with E-state index in [4.69, 9.17) is 4.74 Å². The highest BCUT2D eigenvalue weighted by Gasteiger charge is 2.50. The first kappa shape index (κ1) is 31.8.